The van der Waals surface area contributed by atoms with E-state index in [1.54, 1.807) is 4.90 Å². The van der Waals surface area contributed by atoms with E-state index in [0.29, 0.717) is 31.9 Å². The van der Waals surface area contributed by atoms with Gasteiger partial charge in [-0.25, -0.2) is 4.79 Å². The Morgan fingerprint density at radius 1 is 1.21 bits per heavy atom. The average Bonchev–Trinajstić information content (AvgIpc) is 2.80. The molecular formula is C18H23FN2O2S. The van der Waals surface area contributed by atoms with Gasteiger partial charge in [0.1, 0.15) is 5.60 Å². The van der Waals surface area contributed by atoms with Gasteiger partial charge in [-0.3, -0.25) is 0 Å². The molecule has 0 unspecified atom stereocenters. The molecule has 2 heterocycles. The number of amides is 1. The number of aryl methyl sites for hydroxylation is 1. The minimum atomic E-state index is -0.498. The maximum absolute atomic E-state index is 14.5. The number of anilines is 1. The first-order valence-corrected chi connectivity index (χ1v) is 8.98. The Labute approximate surface area is 145 Å². The molecule has 1 aromatic heterocycles. The van der Waals surface area contributed by atoms with Gasteiger partial charge in [0.25, 0.3) is 0 Å². The molecule has 0 saturated carbocycles. The lowest BCUT2D eigenvalue weighted by atomic mass is 10.1. The van der Waals surface area contributed by atoms with Gasteiger partial charge >= 0.3 is 6.09 Å². The van der Waals surface area contributed by atoms with E-state index in [9.17, 15) is 9.18 Å². The van der Waals surface area contributed by atoms with Crippen LogP contribution in [0.1, 0.15) is 26.3 Å². The summed E-state index contributed by atoms with van der Waals surface area (Å²) < 4.78 is 20.8. The second-order valence-corrected chi connectivity index (χ2v) is 8.18. The van der Waals surface area contributed by atoms with Gasteiger partial charge in [0, 0.05) is 36.3 Å². The third kappa shape index (κ3) is 3.48. The van der Waals surface area contributed by atoms with E-state index in [0.717, 1.165) is 15.6 Å². The molecule has 1 aliphatic rings. The number of carbonyl (C=O) groups is 1. The van der Waals surface area contributed by atoms with Crippen LogP contribution in [0.4, 0.5) is 14.9 Å². The minimum absolute atomic E-state index is 0.152. The Hall–Kier alpha value is -1.82. The molecular weight excluding hydrogens is 327 g/mol. The summed E-state index contributed by atoms with van der Waals surface area (Å²) in [5.74, 6) is 0. The minimum Gasteiger partial charge on any atom is -0.444 e. The normalized spacial score (nSPS) is 15.9. The number of thiophene rings is 1. The number of ether oxygens (including phenoxy) is 1. The first-order chi connectivity index (χ1) is 11.2. The summed E-state index contributed by atoms with van der Waals surface area (Å²) in [5, 5.41) is 0.801. The summed E-state index contributed by atoms with van der Waals surface area (Å²) in [6, 6.07) is 6.01. The number of fused-ring (bicyclic) bond motifs is 1. The zero-order chi connectivity index (χ0) is 17.5. The quantitative estimate of drug-likeness (QED) is 0.764. The first kappa shape index (κ1) is 17.0. The molecule has 1 aromatic carbocycles. The van der Waals surface area contributed by atoms with E-state index < -0.39 is 5.60 Å². The van der Waals surface area contributed by atoms with Crippen molar-refractivity contribution >= 4 is 33.2 Å². The highest BCUT2D eigenvalue weighted by Gasteiger charge is 2.28. The van der Waals surface area contributed by atoms with Gasteiger partial charge < -0.3 is 14.5 Å². The maximum atomic E-state index is 14.5. The fourth-order valence-electron chi connectivity index (χ4n) is 2.89. The molecule has 1 amide bonds. The van der Waals surface area contributed by atoms with Gasteiger partial charge in [0.05, 0.1) is 5.69 Å². The molecule has 6 heteroatoms. The molecule has 3 rings (SSSR count). The number of rotatable bonds is 1. The molecule has 24 heavy (non-hydrogen) atoms. The van der Waals surface area contributed by atoms with E-state index in [-0.39, 0.29) is 11.2 Å². The van der Waals surface area contributed by atoms with Gasteiger partial charge in [0.15, 0.2) is 0 Å². The van der Waals surface area contributed by atoms with Gasteiger partial charge in [-0.15, -0.1) is 11.3 Å². The van der Waals surface area contributed by atoms with Crippen molar-refractivity contribution in [2.45, 2.75) is 33.3 Å². The summed E-state index contributed by atoms with van der Waals surface area (Å²) in [6.45, 7) is 9.87. The smallest absolute Gasteiger partial charge is 0.410 e. The molecule has 4 nitrogen and oxygen atoms in total. The van der Waals surface area contributed by atoms with Gasteiger partial charge in [-0.1, -0.05) is 12.1 Å². The molecule has 130 valence electrons. The molecule has 1 saturated heterocycles. The van der Waals surface area contributed by atoms with E-state index in [1.165, 1.54) is 11.3 Å². The van der Waals surface area contributed by atoms with Gasteiger partial charge in [-0.05, 0) is 39.3 Å². The second-order valence-electron chi connectivity index (χ2n) is 7.18. The van der Waals surface area contributed by atoms with Crippen LogP contribution in [-0.2, 0) is 4.74 Å². The third-order valence-corrected chi connectivity index (χ3v) is 4.96. The summed E-state index contributed by atoms with van der Waals surface area (Å²) >= 11 is 1.19. The van der Waals surface area contributed by atoms with Crippen LogP contribution in [0.2, 0.25) is 0 Å². The lowest BCUT2D eigenvalue weighted by Gasteiger charge is -2.36. The van der Waals surface area contributed by atoms with E-state index in [4.69, 9.17) is 4.74 Å². The van der Waals surface area contributed by atoms with Crippen molar-refractivity contribution in [1.82, 2.24) is 4.90 Å². The van der Waals surface area contributed by atoms with Crippen molar-refractivity contribution in [3.05, 3.63) is 28.9 Å². The topological polar surface area (TPSA) is 32.8 Å². The summed E-state index contributed by atoms with van der Waals surface area (Å²) in [7, 11) is 0. The Morgan fingerprint density at radius 3 is 2.50 bits per heavy atom. The van der Waals surface area contributed by atoms with E-state index >= 15 is 0 Å². The van der Waals surface area contributed by atoms with Crippen LogP contribution < -0.4 is 4.90 Å². The fourth-order valence-corrected chi connectivity index (χ4v) is 3.94. The highest BCUT2D eigenvalue weighted by Crippen LogP contribution is 2.37. The van der Waals surface area contributed by atoms with Gasteiger partial charge in [0.2, 0.25) is 5.13 Å². The highest BCUT2D eigenvalue weighted by atomic mass is 32.1. The van der Waals surface area contributed by atoms with E-state index in [2.05, 4.69) is 0 Å². The van der Waals surface area contributed by atoms with Crippen molar-refractivity contribution in [2.75, 3.05) is 31.1 Å². The van der Waals surface area contributed by atoms with Crippen LogP contribution in [0, 0.1) is 12.1 Å². The molecule has 1 aliphatic heterocycles. The van der Waals surface area contributed by atoms with Crippen LogP contribution in [0.15, 0.2) is 18.2 Å². The van der Waals surface area contributed by atoms with Crippen LogP contribution in [0.5, 0.6) is 0 Å². The summed E-state index contributed by atoms with van der Waals surface area (Å²) in [6.07, 6.45) is -0.298. The largest absolute Gasteiger partial charge is 0.444 e. The molecule has 0 aliphatic carbocycles. The predicted molar refractivity (Wildman–Crippen MR) is 96.5 cm³/mol. The van der Waals surface area contributed by atoms with Crippen molar-refractivity contribution in [3.63, 3.8) is 0 Å². The average molecular weight is 350 g/mol. The highest BCUT2D eigenvalue weighted by molar-refractivity contribution is 7.18. The zero-order valence-corrected chi connectivity index (χ0v) is 15.4. The number of nitrogens with zero attached hydrogens (tertiary/aromatic N) is 2. The number of piperazine rings is 1. The number of halogens is 1. The molecule has 0 atom stereocenters. The molecule has 0 bridgehead atoms. The summed E-state index contributed by atoms with van der Waals surface area (Å²) in [4.78, 5) is 15.9. The Bertz CT molecular complexity index is 758. The first-order valence-electron chi connectivity index (χ1n) is 8.16. The molecule has 2 aromatic rings. The second kappa shape index (κ2) is 6.24. The molecule has 1 fully saturated rings. The maximum Gasteiger partial charge on any atom is 0.410 e. The number of benzene rings is 1. The summed E-state index contributed by atoms with van der Waals surface area (Å²) in [5.41, 5.74) is 1.30. The lowest BCUT2D eigenvalue weighted by molar-refractivity contribution is 0.0240. The van der Waals surface area contributed by atoms with Crippen LogP contribution in [-0.4, -0.2) is 42.8 Å². The third-order valence-electron chi connectivity index (χ3n) is 4.03. The Morgan fingerprint density at radius 2 is 1.88 bits per heavy atom. The Kier molecular flexibility index (Phi) is 4.42. The lowest BCUT2D eigenvalue weighted by Crippen LogP contribution is -2.50. The number of hydrogen-bond donors (Lipinski definition) is 0. The fraction of sp³-hybridized carbons (Fsp3) is 0.500. The molecule has 0 spiro atoms. The monoisotopic (exact) mass is 350 g/mol. The predicted octanol–water partition coefficient (Wildman–Crippen LogP) is 4.41. The Balaban J connectivity index is 1.73. The van der Waals surface area contributed by atoms with Crippen molar-refractivity contribution < 1.29 is 13.9 Å². The molecule has 0 radical (unpaired) electrons. The van der Waals surface area contributed by atoms with E-state index in [1.807, 2.05) is 50.8 Å². The number of hydrogen-bond acceptors (Lipinski definition) is 4. The SMILES string of the molecule is Cc1ccc2c(N3CCN(C(=O)OC(C)(C)C)CC3)c(F)sc2c1. The molecule has 0 N–H and O–H groups in total. The van der Waals surface area contributed by atoms with Crippen molar-refractivity contribution in [2.24, 2.45) is 0 Å². The van der Waals surface area contributed by atoms with Crippen LogP contribution in [0.3, 0.4) is 0 Å². The van der Waals surface area contributed by atoms with Gasteiger partial charge in [-0.2, -0.15) is 4.39 Å². The zero-order valence-electron chi connectivity index (χ0n) is 14.6. The van der Waals surface area contributed by atoms with Crippen molar-refractivity contribution in [3.8, 4) is 0 Å². The number of carbonyl (C=O) groups excluding carboxylic acids is 1. The standard InChI is InChI=1S/C18H23FN2O2S/c1-12-5-6-13-14(11-12)24-16(19)15(13)20-7-9-21(10-8-20)17(22)23-18(2,3)4/h5-6,11H,7-10H2,1-4H3. The van der Waals surface area contributed by atoms with Crippen molar-refractivity contribution in [1.29, 1.82) is 0 Å². The van der Waals surface area contributed by atoms with Crippen LogP contribution in [0.25, 0.3) is 10.1 Å². The van der Waals surface area contributed by atoms with Crippen LogP contribution >= 0.6 is 11.3 Å².